The molecule has 1 heterocycles. The number of nitro groups is 1. The molecule has 0 unspecified atom stereocenters. The van der Waals surface area contributed by atoms with Crippen LogP contribution in [0.4, 0.5) is 11.5 Å². The summed E-state index contributed by atoms with van der Waals surface area (Å²) in [4.78, 5) is 23.4. The number of anilines is 1. The minimum absolute atomic E-state index is 0.00541. The van der Waals surface area contributed by atoms with E-state index >= 15 is 0 Å². The molecule has 9 heteroatoms. The van der Waals surface area contributed by atoms with E-state index in [4.69, 9.17) is 9.47 Å². The fourth-order valence-electron chi connectivity index (χ4n) is 3.32. The predicted molar refractivity (Wildman–Crippen MR) is 118 cm³/mol. The molecule has 0 aliphatic heterocycles. The van der Waals surface area contributed by atoms with Gasteiger partial charge in [-0.3, -0.25) is 19.5 Å². The quantitative estimate of drug-likeness (QED) is 0.439. The molecule has 164 valence electrons. The number of nitro benzene ring substituents is 1. The first-order chi connectivity index (χ1) is 15.3. The van der Waals surface area contributed by atoms with E-state index in [1.54, 1.807) is 43.7 Å². The zero-order valence-corrected chi connectivity index (χ0v) is 18.1. The van der Waals surface area contributed by atoms with Crippen molar-refractivity contribution in [2.45, 2.75) is 20.8 Å². The number of methoxy groups -OCH3 is 1. The van der Waals surface area contributed by atoms with Crippen LogP contribution >= 0.6 is 0 Å². The van der Waals surface area contributed by atoms with Crippen LogP contribution in [0.5, 0.6) is 11.5 Å². The van der Waals surface area contributed by atoms with Crippen LogP contribution in [-0.4, -0.2) is 29.1 Å². The van der Waals surface area contributed by atoms with Crippen LogP contribution in [0.25, 0.3) is 5.69 Å². The number of nitriles is 1. The van der Waals surface area contributed by atoms with E-state index in [2.05, 4.69) is 11.4 Å². The molecule has 0 aliphatic rings. The summed E-state index contributed by atoms with van der Waals surface area (Å²) in [6.45, 7) is 4.92. The topological polar surface area (TPSA) is 119 Å². The number of aryl methyl sites for hydroxylation is 1. The number of ether oxygens (including phenoxy) is 2. The monoisotopic (exact) mass is 434 g/mol. The van der Waals surface area contributed by atoms with Crippen molar-refractivity contribution in [3.63, 3.8) is 0 Å². The van der Waals surface area contributed by atoms with Gasteiger partial charge in [0.2, 0.25) is 0 Å². The van der Waals surface area contributed by atoms with Crippen molar-refractivity contribution >= 4 is 17.4 Å². The van der Waals surface area contributed by atoms with Gasteiger partial charge in [0.05, 0.1) is 17.6 Å². The third-order valence-corrected chi connectivity index (χ3v) is 5.08. The molecule has 0 aliphatic carbocycles. The summed E-state index contributed by atoms with van der Waals surface area (Å²) in [6.07, 6.45) is 0. The van der Waals surface area contributed by atoms with Gasteiger partial charge in [-0.05, 0) is 62.2 Å². The number of nitrogens with zero attached hydrogens (tertiary/aromatic N) is 3. The molecule has 1 N–H and O–H groups in total. The number of amides is 1. The van der Waals surface area contributed by atoms with Gasteiger partial charge in [0.15, 0.2) is 12.4 Å². The van der Waals surface area contributed by atoms with Crippen LogP contribution in [0.15, 0.2) is 42.5 Å². The Labute approximate surface area is 185 Å². The van der Waals surface area contributed by atoms with Crippen LogP contribution in [0.2, 0.25) is 0 Å². The van der Waals surface area contributed by atoms with Gasteiger partial charge in [-0.25, -0.2) is 0 Å². The summed E-state index contributed by atoms with van der Waals surface area (Å²) in [5, 5.41) is 23.7. The standard InChI is InChI=1S/C23H22N4O5/c1-14-5-10-21(20(11-14)27(29)30)32-13-22(28)25-23-19(12-24)15(2)16(3)26(23)17-6-8-18(31-4)9-7-17/h5-11H,13H2,1-4H3,(H,25,28). The minimum Gasteiger partial charge on any atom is -0.497 e. The molecule has 0 fully saturated rings. The van der Waals surface area contributed by atoms with Gasteiger partial charge in [0.25, 0.3) is 5.91 Å². The highest BCUT2D eigenvalue weighted by molar-refractivity contribution is 5.93. The average molecular weight is 434 g/mol. The summed E-state index contributed by atoms with van der Waals surface area (Å²) in [7, 11) is 1.57. The molecular weight excluding hydrogens is 412 g/mol. The molecule has 1 amide bonds. The number of carbonyl (C=O) groups excluding carboxylic acids is 1. The van der Waals surface area contributed by atoms with Crippen molar-refractivity contribution in [1.82, 2.24) is 4.57 Å². The Morgan fingerprint density at radius 3 is 2.47 bits per heavy atom. The van der Waals surface area contributed by atoms with Crippen molar-refractivity contribution in [1.29, 1.82) is 5.26 Å². The summed E-state index contributed by atoms with van der Waals surface area (Å²) in [5.74, 6) is 0.423. The number of nitrogens with one attached hydrogen (secondary N) is 1. The molecular formula is C23H22N4O5. The van der Waals surface area contributed by atoms with Gasteiger partial charge in [0, 0.05) is 17.4 Å². The molecule has 0 saturated carbocycles. The summed E-state index contributed by atoms with van der Waals surface area (Å²) in [5.41, 5.74) is 3.07. The van der Waals surface area contributed by atoms with Crippen molar-refractivity contribution in [2.75, 3.05) is 19.0 Å². The molecule has 32 heavy (non-hydrogen) atoms. The van der Waals surface area contributed by atoms with Crippen molar-refractivity contribution in [2.24, 2.45) is 0 Å². The second-order valence-electron chi connectivity index (χ2n) is 7.14. The molecule has 0 saturated heterocycles. The largest absolute Gasteiger partial charge is 0.497 e. The van der Waals surface area contributed by atoms with E-state index in [1.165, 1.54) is 12.1 Å². The van der Waals surface area contributed by atoms with E-state index in [0.29, 0.717) is 22.7 Å². The van der Waals surface area contributed by atoms with Gasteiger partial charge >= 0.3 is 5.69 Å². The van der Waals surface area contributed by atoms with Crippen LogP contribution in [0.3, 0.4) is 0 Å². The van der Waals surface area contributed by atoms with Gasteiger partial charge in [0.1, 0.15) is 17.6 Å². The SMILES string of the molecule is COc1ccc(-n2c(C)c(C)c(C#N)c2NC(=O)COc2ccc(C)cc2[N+](=O)[O-])cc1. The Bertz CT molecular complexity index is 1220. The normalized spacial score (nSPS) is 10.3. The average Bonchev–Trinajstić information content (AvgIpc) is 3.01. The Morgan fingerprint density at radius 1 is 1.19 bits per heavy atom. The zero-order valence-electron chi connectivity index (χ0n) is 18.1. The molecule has 0 radical (unpaired) electrons. The molecule has 0 spiro atoms. The lowest BCUT2D eigenvalue weighted by Gasteiger charge is -2.14. The lowest BCUT2D eigenvalue weighted by molar-refractivity contribution is -0.385. The Hall–Kier alpha value is -4.32. The van der Waals surface area contributed by atoms with E-state index in [9.17, 15) is 20.2 Å². The number of aromatic nitrogens is 1. The highest BCUT2D eigenvalue weighted by Crippen LogP contribution is 2.31. The van der Waals surface area contributed by atoms with E-state index in [1.807, 2.05) is 19.1 Å². The zero-order chi connectivity index (χ0) is 23.4. The summed E-state index contributed by atoms with van der Waals surface area (Å²) < 4.78 is 12.4. The maximum Gasteiger partial charge on any atom is 0.311 e. The lowest BCUT2D eigenvalue weighted by Crippen LogP contribution is -2.22. The number of benzene rings is 2. The van der Waals surface area contributed by atoms with Crippen LogP contribution < -0.4 is 14.8 Å². The Balaban J connectivity index is 1.88. The van der Waals surface area contributed by atoms with Gasteiger partial charge < -0.3 is 14.8 Å². The number of carbonyl (C=O) groups is 1. The second kappa shape index (κ2) is 9.22. The molecule has 3 aromatic rings. The van der Waals surface area contributed by atoms with Crippen LogP contribution in [-0.2, 0) is 4.79 Å². The summed E-state index contributed by atoms with van der Waals surface area (Å²) in [6, 6.07) is 13.8. The molecule has 9 nitrogen and oxygen atoms in total. The molecule has 1 aromatic heterocycles. The molecule has 2 aromatic carbocycles. The fraction of sp³-hybridized carbons (Fsp3) is 0.217. The first-order valence-corrected chi connectivity index (χ1v) is 9.71. The van der Waals surface area contributed by atoms with E-state index < -0.39 is 17.4 Å². The predicted octanol–water partition coefficient (Wildman–Crippen LogP) is 4.21. The van der Waals surface area contributed by atoms with Crippen molar-refractivity contribution in [3.8, 4) is 23.3 Å². The number of hydrogen-bond donors (Lipinski definition) is 1. The lowest BCUT2D eigenvalue weighted by atomic mass is 10.2. The van der Waals surface area contributed by atoms with E-state index in [0.717, 1.165) is 16.9 Å². The molecule has 3 rings (SSSR count). The minimum atomic E-state index is -0.560. The van der Waals surface area contributed by atoms with Crippen molar-refractivity contribution in [3.05, 3.63) is 75.0 Å². The third kappa shape index (κ3) is 4.39. The van der Waals surface area contributed by atoms with E-state index in [-0.39, 0.29) is 11.4 Å². The highest BCUT2D eigenvalue weighted by Gasteiger charge is 2.22. The third-order valence-electron chi connectivity index (χ3n) is 5.08. The second-order valence-corrected chi connectivity index (χ2v) is 7.14. The molecule has 0 bridgehead atoms. The van der Waals surface area contributed by atoms with Gasteiger partial charge in [-0.1, -0.05) is 6.07 Å². The maximum absolute atomic E-state index is 12.7. The fourth-order valence-corrected chi connectivity index (χ4v) is 3.32. The number of rotatable bonds is 7. The van der Waals surface area contributed by atoms with Crippen LogP contribution in [0, 0.1) is 42.2 Å². The first-order valence-electron chi connectivity index (χ1n) is 9.71. The first kappa shape index (κ1) is 22.4. The van der Waals surface area contributed by atoms with Gasteiger partial charge in [-0.2, -0.15) is 5.26 Å². The summed E-state index contributed by atoms with van der Waals surface area (Å²) >= 11 is 0. The maximum atomic E-state index is 12.7. The van der Waals surface area contributed by atoms with Crippen molar-refractivity contribution < 1.29 is 19.2 Å². The molecule has 0 atom stereocenters. The smallest absolute Gasteiger partial charge is 0.311 e. The Kier molecular flexibility index (Phi) is 6.45. The van der Waals surface area contributed by atoms with Gasteiger partial charge in [-0.15, -0.1) is 0 Å². The highest BCUT2D eigenvalue weighted by atomic mass is 16.6. The Morgan fingerprint density at radius 2 is 1.88 bits per heavy atom. The number of hydrogen-bond acceptors (Lipinski definition) is 6. The van der Waals surface area contributed by atoms with Crippen LogP contribution in [0.1, 0.15) is 22.4 Å².